The van der Waals surface area contributed by atoms with E-state index in [-0.39, 0.29) is 11.4 Å². The van der Waals surface area contributed by atoms with Crippen LogP contribution in [0.5, 0.6) is 5.75 Å². The maximum absolute atomic E-state index is 12.6. The summed E-state index contributed by atoms with van der Waals surface area (Å²) >= 11 is 0. The molecule has 1 saturated carbocycles. The smallest absolute Gasteiger partial charge is 0.314 e. The van der Waals surface area contributed by atoms with Crippen molar-refractivity contribution >= 4 is 5.95 Å². The molecule has 9 heteroatoms. The molecule has 1 N–H and O–H groups in total. The maximum atomic E-state index is 12.6. The fourth-order valence-corrected chi connectivity index (χ4v) is 3.08. The second kappa shape index (κ2) is 6.90. The van der Waals surface area contributed by atoms with Crippen LogP contribution in [0.4, 0.5) is 14.7 Å². The molecule has 0 bridgehead atoms. The summed E-state index contributed by atoms with van der Waals surface area (Å²) in [4.78, 5) is 8.55. The molecule has 0 spiro atoms. The third-order valence-electron chi connectivity index (χ3n) is 4.73. The molecule has 27 heavy (non-hydrogen) atoms. The number of nitrogens with one attached hydrogen (secondary N) is 1. The maximum Gasteiger partial charge on any atom is 0.314 e. The van der Waals surface area contributed by atoms with Gasteiger partial charge in [0.25, 0.3) is 11.8 Å². The van der Waals surface area contributed by atoms with E-state index in [1.54, 1.807) is 7.11 Å². The Labute approximate surface area is 153 Å². The number of nitrogens with zero attached hydrogens (tertiary/aromatic N) is 4. The third-order valence-corrected chi connectivity index (χ3v) is 4.73. The molecular formula is C18H17F2N5O2. The zero-order valence-electron chi connectivity index (χ0n) is 14.5. The first kappa shape index (κ1) is 17.3. The van der Waals surface area contributed by atoms with Crippen LogP contribution in [0.3, 0.4) is 0 Å². The Balaban J connectivity index is 1.52. The van der Waals surface area contributed by atoms with Crippen molar-refractivity contribution in [3.05, 3.63) is 48.1 Å². The van der Waals surface area contributed by atoms with Crippen LogP contribution in [0.25, 0.3) is 11.5 Å². The minimum atomic E-state index is -2.81. The van der Waals surface area contributed by atoms with Crippen LogP contribution in [0, 0.1) is 0 Å². The Bertz CT molecular complexity index is 908. The number of aromatic nitrogens is 4. The number of ether oxygens (including phenoxy) is 1. The number of halogens is 2. The highest BCUT2D eigenvalue weighted by Gasteiger charge is 2.39. The molecule has 0 aliphatic heterocycles. The van der Waals surface area contributed by atoms with Crippen molar-refractivity contribution in [3.8, 4) is 17.2 Å². The number of benzene rings is 1. The van der Waals surface area contributed by atoms with Crippen molar-refractivity contribution in [2.45, 2.75) is 31.2 Å². The van der Waals surface area contributed by atoms with Gasteiger partial charge in [-0.05, 0) is 37.0 Å². The van der Waals surface area contributed by atoms with Crippen LogP contribution in [-0.4, -0.2) is 27.3 Å². The number of anilines is 1. The molecule has 0 atom stereocenters. The number of hydrogen-bond donors (Lipinski definition) is 1. The van der Waals surface area contributed by atoms with Crippen molar-refractivity contribution < 1.29 is 17.9 Å². The molecule has 0 unspecified atom stereocenters. The Morgan fingerprint density at radius 1 is 1.11 bits per heavy atom. The average molecular weight is 373 g/mol. The Morgan fingerprint density at radius 2 is 1.81 bits per heavy atom. The highest BCUT2D eigenvalue weighted by molar-refractivity contribution is 5.51. The van der Waals surface area contributed by atoms with E-state index >= 15 is 0 Å². The van der Waals surface area contributed by atoms with Gasteiger partial charge in [-0.2, -0.15) is 8.78 Å². The van der Waals surface area contributed by atoms with Crippen LogP contribution in [0.1, 0.15) is 37.1 Å². The van der Waals surface area contributed by atoms with Gasteiger partial charge in [0, 0.05) is 12.4 Å². The first-order chi connectivity index (χ1) is 13.1. The van der Waals surface area contributed by atoms with Crippen LogP contribution < -0.4 is 10.1 Å². The zero-order chi connectivity index (χ0) is 18.9. The van der Waals surface area contributed by atoms with Crippen molar-refractivity contribution in [2.24, 2.45) is 0 Å². The highest BCUT2D eigenvalue weighted by Crippen LogP contribution is 2.43. The lowest BCUT2D eigenvalue weighted by Gasteiger charge is -2.43. The van der Waals surface area contributed by atoms with Crippen LogP contribution in [0.2, 0.25) is 0 Å². The highest BCUT2D eigenvalue weighted by atomic mass is 19.3. The van der Waals surface area contributed by atoms with E-state index in [0.29, 0.717) is 11.5 Å². The Morgan fingerprint density at radius 3 is 2.33 bits per heavy atom. The predicted molar refractivity (Wildman–Crippen MR) is 92.4 cm³/mol. The largest absolute Gasteiger partial charge is 0.497 e. The minimum absolute atomic E-state index is 0.0367. The first-order valence-corrected chi connectivity index (χ1v) is 8.46. The summed E-state index contributed by atoms with van der Waals surface area (Å²) in [5, 5.41) is 10.3. The van der Waals surface area contributed by atoms with Gasteiger partial charge in [-0.1, -0.05) is 12.1 Å². The normalized spacial score (nSPS) is 15.4. The van der Waals surface area contributed by atoms with Crippen LogP contribution in [0.15, 0.2) is 41.1 Å². The summed E-state index contributed by atoms with van der Waals surface area (Å²) in [6.45, 7) is 0. The van der Waals surface area contributed by atoms with Gasteiger partial charge in [-0.3, -0.25) is 0 Å². The quantitative estimate of drug-likeness (QED) is 0.700. The van der Waals surface area contributed by atoms with Gasteiger partial charge in [0.15, 0.2) is 0 Å². The molecule has 2 heterocycles. The fraction of sp³-hybridized carbons (Fsp3) is 0.333. The summed E-state index contributed by atoms with van der Waals surface area (Å²) < 4.78 is 35.2. The molecule has 0 saturated heterocycles. The van der Waals surface area contributed by atoms with Gasteiger partial charge in [0.2, 0.25) is 5.95 Å². The molecule has 7 nitrogen and oxygen atoms in total. The summed E-state index contributed by atoms with van der Waals surface area (Å²) in [6.07, 6.45) is 3.17. The molecule has 1 aliphatic carbocycles. The van der Waals surface area contributed by atoms with Gasteiger partial charge in [-0.15, -0.1) is 10.2 Å². The first-order valence-electron chi connectivity index (χ1n) is 8.46. The van der Waals surface area contributed by atoms with E-state index in [1.807, 2.05) is 24.3 Å². The molecule has 1 aliphatic rings. The predicted octanol–water partition coefficient (Wildman–Crippen LogP) is 3.96. The molecule has 4 rings (SSSR count). The van der Waals surface area contributed by atoms with Crippen molar-refractivity contribution in [3.63, 3.8) is 0 Å². The summed E-state index contributed by atoms with van der Waals surface area (Å²) in [7, 11) is 1.63. The lowest BCUT2D eigenvalue weighted by atomic mass is 9.72. The molecule has 0 radical (unpaired) electrons. The lowest BCUT2D eigenvalue weighted by Crippen LogP contribution is -2.42. The molecule has 140 valence electrons. The van der Waals surface area contributed by atoms with E-state index in [1.165, 1.54) is 12.4 Å². The van der Waals surface area contributed by atoms with E-state index in [4.69, 9.17) is 9.15 Å². The number of rotatable bonds is 6. The molecule has 0 amide bonds. The minimum Gasteiger partial charge on any atom is -0.497 e. The number of alkyl halides is 2. The van der Waals surface area contributed by atoms with Gasteiger partial charge < -0.3 is 14.5 Å². The third kappa shape index (κ3) is 3.32. The monoisotopic (exact) mass is 373 g/mol. The van der Waals surface area contributed by atoms with Gasteiger partial charge in [-0.25, -0.2) is 9.97 Å². The number of methoxy groups -OCH3 is 1. The molecule has 1 fully saturated rings. The van der Waals surface area contributed by atoms with Crippen LogP contribution >= 0.6 is 0 Å². The van der Waals surface area contributed by atoms with E-state index in [0.717, 1.165) is 30.6 Å². The Kier molecular flexibility index (Phi) is 4.43. The average Bonchev–Trinajstić information content (AvgIpc) is 3.16. The van der Waals surface area contributed by atoms with Crippen molar-refractivity contribution in [1.82, 2.24) is 20.2 Å². The van der Waals surface area contributed by atoms with E-state index in [2.05, 4.69) is 25.5 Å². The molecule has 1 aromatic carbocycles. The van der Waals surface area contributed by atoms with Gasteiger partial charge in [0.05, 0.1) is 18.2 Å². The second-order valence-electron chi connectivity index (χ2n) is 6.33. The lowest BCUT2D eigenvalue weighted by molar-refractivity contribution is 0.116. The second-order valence-corrected chi connectivity index (χ2v) is 6.33. The summed E-state index contributed by atoms with van der Waals surface area (Å²) in [5.74, 6) is 0.491. The van der Waals surface area contributed by atoms with Crippen LogP contribution in [-0.2, 0) is 5.54 Å². The topological polar surface area (TPSA) is 86.0 Å². The van der Waals surface area contributed by atoms with E-state index < -0.39 is 12.3 Å². The van der Waals surface area contributed by atoms with Crippen molar-refractivity contribution in [2.75, 3.05) is 12.4 Å². The summed E-state index contributed by atoms with van der Waals surface area (Å²) in [5.41, 5.74) is 1.30. The molecule has 2 aromatic heterocycles. The SMILES string of the molecule is COc1ccc(C2(Nc3ncc(-c4nnc(C(F)F)o4)cn3)CCC2)cc1. The molecular weight excluding hydrogens is 356 g/mol. The van der Waals surface area contributed by atoms with Gasteiger partial charge in [0.1, 0.15) is 5.75 Å². The Hall–Kier alpha value is -3.10. The molecule has 3 aromatic rings. The number of hydrogen-bond acceptors (Lipinski definition) is 7. The van der Waals surface area contributed by atoms with E-state index in [9.17, 15) is 8.78 Å². The van der Waals surface area contributed by atoms with Gasteiger partial charge >= 0.3 is 6.43 Å². The van der Waals surface area contributed by atoms with Crippen molar-refractivity contribution in [1.29, 1.82) is 0 Å². The zero-order valence-corrected chi connectivity index (χ0v) is 14.5. The standard InChI is InChI=1S/C18H17F2N5O2/c1-26-13-5-3-12(4-6-13)18(7-2-8-18)23-17-21-9-11(10-22-17)15-24-25-16(27-15)14(19)20/h3-6,9-10,14H,2,7-8H2,1H3,(H,21,22,23). The summed E-state index contributed by atoms with van der Waals surface area (Å²) in [6, 6.07) is 7.92. The fourth-order valence-electron chi connectivity index (χ4n) is 3.08.